The number of hydrogen-bond donors (Lipinski definition) is 1. The molecule has 2 nitrogen and oxygen atoms in total. The molecule has 1 saturated carbocycles. The third-order valence-corrected chi connectivity index (χ3v) is 2.52. The summed E-state index contributed by atoms with van der Waals surface area (Å²) >= 11 is 0. The van der Waals surface area contributed by atoms with E-state index in [4.69, 9.17) is 5.26 Å². The average Bonchev–Trinajstić information content (AvgIpc) is 2.76. The average molecular weight is 118 g/mol. The minimum absolute atomic E-state index is 0.132. The molecule has 2 aliphatic heterocycles. The lowest BCUT2D eigenvalue weighted by atomic mass is 10.0. The van der Waals surface area contributed by atoms with Gasteiger partial charge in [0.15, 0.2) is 0 Å². The van der Waals surface area contributed by atoms with Gasteiger partial charge >= 0.3 is 0 Å². The summed E-state index contributed by atoms with van der Waals surface area (Å²) in [6.45, 7) is 0. The molecule has 2 bridgehead atoms. The topological polar surface area (TPSA) is 35.8 Å². The van der Waals surface area contributed by atoms with E-state index in [1.165, 1.54) is 0 Å². The highest BCUT2D eigenvalue weighted by atomic mass is 15.1. The molecule has 9 heavy (non-hydrogen) atoms. The van der Waals surface area contributed by atoms with Gasteiger partial charge < -0.3 is 0 Å². The summed E-state index contributed by atoms with van der Waals surface area (Å²) in [6.07, 6.45) is 1.01. The van der Waals surface area contributed by atoms with E-state index < -0.39 is 0 Å². The maximum absolute atomic E-state index is 8.50. The molecule has 44 valence electrons. The summed E-state index contributed by atoms with van der Waals surface area (Å²) in [7, 11) is 0. The van der Waals surface area contributed by atoms with Crippen LogP contribution in [0.1, 0.15) is 6.42 Å². The van der Waals surface area contributed by atoms with Crippen LogP contribution >= 0.6 is 0 Å². The van der Waals surface area contributed by atoms with Crippen LogP contribution in [0, 0.1) is 17.2 Å². The molecule has 3 atom stereocenters. The first-order chi connectivity index (χ1) is 4.42. The van der Waals surface area contributed by atoms with Crippen LogP contribution in [0.3, 0.4) is 0 Å². The van der Waals surface area contributed by atoms with Crippen molar-refractivity contribution in [2.75, 3.05) is 0 Å². The maximum Gasteiger partial charge on any atom is 0.0995 e. The number of nitrogens with zero attached hydrogens (tertiary/aromatic N) is 1. The number of nitriles is 1. The Bertz CT molecular complexity index is 259. The van der Waals surface area contributed by atoms with Crippen LogP contribution in [0.4, 0.5) is 0 Å². The molecule has 2 heteroatoms. The van der Waals surface area contributed by atoms with E-state index in [-0.39, 0.29) is 6.04 Å². The molecule has 0 aromatic carbocycles. The zero-order chi connectivity index (χ0) is 6.01. The molecule has 4 aliphatic rings. The standard InChI is InChI=1S/C7H6N2/c8-2-3-1-4-5-6(4)7(5)9-3/h3,5,7,9H,1H2/t3-,5+,7+/m0/s1. The first-order valence-electron chi connectivity index (χ1n) is 3.30. The predicted molar refractivity (Wildman–Crippen MR) is 31.5 cm³/mol. The second-order valence-corrected chi connectivity index (χ2v) is 2.99. The number of rotatable bonds is 0. The molecule has 1 saturated heterocycles. The number of piperidine rings is 1. The van der Waals surface area contributed by atoms with E-state index in [1.54, 1.807) is 11.1 Å². The molecule has 0 amide bonds. The molecule has 0 spiro atoms. The second-order valence-electron chi connectivity index (χ2n) is 2.99. The molecular weight excluding hydrogens is 112 g/mol. The minimum Gasteiger partial charge on any atom is -0.294 e. The van der Waals surface area contributed by atoms with E-state index in [0.29, 0.717) is 6.04 Å². The van der Waals surface area contributed by atoms with Gasteiger partial charge in [0.05, 0.1) is 12.1 Å². The lowest BCUT2D eigenvalue weighted by molar-refractivity contribution is 0.515. The zero-order valence-corrected chi connectivity index (χ0v) is 4.89. The Kier molecular flexibility index (Phi) is 0.422. The normalized spacial score (nSPS) is 49.9. The van der Waals surface area contributed by atoms with Crippen LogP contribution in [-0.2, 0) is 0 Å². The number of nitrogens with one attached hydrogen (secondary N) is 1. The second kappa shape index (κ2) is 0.932. The van der Waals surface area contributed by atoms with Crippen molar-refractivity contribution >= 4 is 0 Å². The largest absolute Gasteiger partial charge is 0.294 e. The van der Waals surface area contributed by atoms with Gasteiger partial charge in [-0.25, -0.2) is 0 Å². The monoisotopic (exact) mass is 118 g/mol. The summed E-state index contributed by atoms with van der Waals surface area (Å²) in [5.74, 6) is 0.842. The lowest BCUT2D eigenvalue weighted by Crippen LogP contribution is -2.37. The van der Waals surface area contributed by atoms with Gasteiger partial charge in [-0.2, -0.15) is 5.26 Å². The summed E-state index contributed by atoms with van der Waals surface area (Å²) in [4.78, 5) is 0. The third kappa shape index (κ3) is 0.305. The zero-order valence-electron chi connectivity index (χ0n) is 4.89. The smallest absolute Gasteiger partial charge is 0.0995 e. The Morgan fingerprint density at radius 1 is 1.67 bits per heavy atom. The number of hydrogen-bond acceptors (Lipinski definition) is 2. The van der Waals surface area contributed by atoms with Crippen LogP contribution in [0.15, 0.2) is 11.1 Å². The van der Waals surface area contributed by atoms with E-state index in [0.717, 1.165) is 12.3 Å². The van der Waals surface area contributed by atoms with Gasteiger partial charge in [0.2, 0.25) is 0 Å². The molecule has 2 aliphatic carbocycles. The van der Waals surface area contributed by atoms with Gasteiger partial charge in [-0.05, 0) is 12.0 Å². The van der Waals surface area contributed by atoms with Crippen LogP contribution in [0.2, 0.25) is 0 Å². The van der Waals surface area contributed by atoms with Crippen molar-refractivity contribution < 1.29 is 0 Å². The van der Waals surface area contributed by atoms with Crippen molar-refractivity contribution in [3.05, 3.63) is 11.1 Å². The Hall–Kier alpha value is -0.810. The molecular formula is C7H6N2. The third-order valence-electron chi connectivity index (χ3n) is 2.52. The van der Waals surface area contributed by atoms with Crippen LogP contribution in [-0.4, -0.2) is 12.1 Å². The summed E-state index contributed by atoms with van der Waals surface area (Å²) in [6, 6.07) is 3.02. The van der Waals surface area contributed by atoms with Gasteiger partial charge in [0.1, 0.15) is 0 Å². The van der Waals surface area contributed by atoms with E-state index in [1.807, 2.05) is 0 Å². The van der Waals surface area contributed by atoms with Gasteiger partial charge in [-0.15, -0.1) is 0 Å². The number of fused-ring (bicyclic) bond motifs is 2. The first-order valence-corrected chi connectivity index (χ1v) is 3.30. The van der Waals surface area contributed by atoms with Gasteiger partial charge in [-0.3, -0.25) is 5.32 Å². The first kappa shape index (κ1) is 4.08. The molecule has 1 N–H and O–H groups in total. The van der Waals surface area contributed by atoms with Gasteiger partial charge in [-0.1, -0.05) is 5.57 Å². The predicted octanol–water partition coefficient (Wildman–Crippen LogP) is 0.180. The van der Waals surface area contributed by atoms with E-state index in [2.05, 4.69) is 11.4 Å². The van der Waals surface area contributed by atoms with Crippen molar-refractivity contribution in [1.29, 1.82) is 5.26 Å². The van der Waals surface area contributed by atoms with Crippen molar-refractivity contribution in [3.63, 3.8) is 0 Å². The summed E-state index contributed by atoms with van der Waals surface area (Å²) < 4.78 is 0. The van der Waals surface area contributed by atoms with Gasteiger partial charge in [0.25, 0.3) is 0 Å². The molecule has 0 aromatic rings. The highest BCUT2D eigenvalue weighted by molar-refractivity contribution is 5.66. The Morgan fingerprint density at radius 2 is 2.44 bits per heavy atom. The molecule has 0 unspecified atom stereocenters. The Balaban J connectivity index is 1.91. The van der Waals surface area contributed by atoms with E-state index in [9.17, 15) is 0 Å². The molecule has 0 aromatic heterocycles. The van der Waals surface area contributed by atoms with Crippen molar-refractivity contribution in [1.82, 2.24) is 5.32 Å². The van der Waals surface area contributed by atoms with Crippen LogP contribution in [0.5, 0.6) is 0 Å². The van der Waals surface area contributed by atoms with E-state index >= 15 is 0 Å². The van der Waals surface area contributed by atoms with Gasteiger partial charge in [0, 0.05) is 12.0 Å². The van der Waals surface area contributed by atoms with Crippen molar-refractivity contribution in [2.45, 2.75) is 18.5 Å². The Morgan fingerprint density at radius 3 is 2.89 bits per heavy atom. The van der Waals surface area contributed by atoms with Crippen LogP contribution < -0.4 is 5.32 Å². The minimum atomic E-state index is 0.132. The lowest BCUT2D eigenvalue weighted by Gasteiger charge is -2.19. The highest BCUT2D eigenvalue weighted by Gasteiger charge is 2.64. The quantitative estimate of drug-likeness (QED) is 0.460. The Labute approximate surface area is 53.2 Å². The van der Waals surface area contributed by atoms with Crippen molar-refractivity contribution in [2.24, 2.45) is 5.92 Å². The fourth-order valence-electron chi connectivity index (χ4n) is 1.88. The summed E-state index contributed by atoms with van der Waals surface area (Å²) in [5.41, 5.74) is 3.21. The SMILES string of the molecule is N#C[C@@H]1CC2=C3[C@@H]2[C@H]3N1. The van der Waals surface area contributed by atoms with Crippen molar-refractivity contribution in [3.8, 4) is 6.07 Å². The molecule has 2 heterocycles. The fourth-order valence-corrected chi connectivity index (χ4v) is 1.88. The van der Waals surface area contributed by atoms with Crippen LogP contribution in [0.25, 0.3) is 0 Å². The molecule has 4 rings (SSSR count). The fraction of sp³-hybridized carbons (Fsp3) is 0.571. The maximum atomic E-state index is 8.50. The summed E-state index contributed by atoms with van der Waals surface area (Å²) in [5, 5.41) is 11.8. The molecule has 2 fully saturated rings. The molecule has 0 radical (unpaired) electrons. The highest BCUT2D eigenvalue weighted by Crippen LogP contribution is 2.65.